The van der Waals surface area contributed by atoms with Gasteiger partial charge in [0.05, 0.1) is 24.9 Å². The minimum absolute atomic E-state index is 0.0165. The molecule has 5 nitrogen and oxygen atoms in total. The number of rotatable bonds is 5. The molecule has 0 saturated heterocycles. The lowest BCUT2D eigenvalue weighted by Gasteiger charge is -2.16. The first kappa shape index (κ1) is 26.8. The van der Waals surface area contributed by atoms with E-state index in [0.717, 1.165) is 54.5 Å². The highest BCUT2D eigenvalue weighted by Gasteiger charge is 2.21. The molecule has 0 aliphatic carbocycles. The Morgan fingerprint density at radius 2 is 0.948 bits per heavy atom. The Kier molecular flexibility index (Phi) is 5.94. The molecule has 3 heterocycles. The van der Waals surface area contributed by atoms with Gasteiger partial charge in [-0.3, -0.25) is 0 Å². The Morgan fingerprint density at radius 1 is 0.414 bits per heavy atom. The summed E-state index contributed by atoms with van der Waals surface area (Å²) in [5, 5.41) is 6.50. The maximum atomic E-state index is 9.58. The molecule has 0 spiro atoms. The van der Waals surface area contributed by atoms with Crippen molar-refractivity contribution in [3.05, 3.63) is 194 Å². The molecule has 0 saturated carbocycles. The average Bonchev–Trinajstić information content (AvgIpc) is 3.90. The van der Waals surface area contributed by atoms with E-state index < -0.39 is 0 Å². The quantitative estimate of drug-likeness (QED) is 0.176. The number of hydrogen-bond acceptors (Lipinski definition) is 4. The number of hydrogen-bond donors (Lipinski definition) is 0. The monoisotopic (exact) mass is 746 g/mol. The largest absolute Gasteiger partial charge is 0.455 e. The predicted molar refractivity (Wildman–Crippen MR) is 238 cm³/mol. The Morgan fingerprint density at radius 3 is 1.59 bits per heavy atom. The van der Waals surface area contributed by atoms with E-state index in [1.807, 2.05) is 91.0 Å². The SMILES string of the molecule is [2H]c1cc([2H])c2oc3c(-c4cc(-c5nc(-c6ccc7ccccc7c6)nc(-c6ccc7ccccc7c6)n5)ccc4-n4c5ccccc5c5ccccc54)c([2H])c([2H])c([2H])c3c2c1[2H]. The van der Waals surface area contributed by atoms with Crippen molar-refractivity contribution in [1.29, 1.82) is 0 Å². The van der Waals surface area contributed by atoms with Crippen LogP contribution in [0.2, 0.25) is 0 Å². The van der Waals surface area contributed by atoms with E-state index >= 15 is 0 Å². The fourth-order valence-corrected chi connectivity index (χ4v) is 8.23. The highest BCUT2D eigenvalue weighted by atomic mass is 16.3. The number of nitrogens with zero attached hydrogens (tertiary/aromatic N) is 4. The van der Waals surface area contributed by atoms with Gasteiger partial charge in [0.15, 0.2) is 17.5 Å². The van der Waals surface area contributed by atoms with Crippen molar-refractivity contribution >= 4 is 65.3 Å². The third-order valence-electron chi connectivity index (χ3n) is 11.0. The van der Waals surface area contributed by atoms with Crippen molar-refractivity contribution in [3.63, 3.8) is 0 Å². The summed E-state index contributed by atoms with van der Waals surface area (Å²) in [5.74, 6) is 1.31. The van der Waals surface area contributed by atoms with Crippen LogP contribution in [0.4, 0.5) is 0 Å². The molecule has 0 N–H and O–H groups in total. The van der Waals surface area contributed by atoms with Crippen LogP contribution >= 0.6 is 0 Å². The standard InChI is InChI=1S/C53H32N4O/c1-3-14-35-30-37(26-24-33(35)12-1)51-54-52(38-27-25-34-13-2-4-15-36(34)31-38)56-53(55-51)39-28-29-48(57-46-21-8-5-16-40(46)41-17-6-9-22-47(41)57)45(32-39)44-20-11-19-43-42-18-7-10-23-49(42)58-50(43)44/h1-32H/i7D,11D,18D,19D,20D,23D. The van der Waals surface area contributed by atoms with Gasteiger partial charge in [-0.05, 0) is 70.1 Å². The first-order chi connectivity index (χ1) is 31.2. The van der Waals surface area contributed by atoms with Gasteiger partial charge >= 0.3 is 0 Å². The predicted octanol–water partition coefficient (Wildman–Crippen LogP) is 13.8. The maximum Gasteiger partial charge on any atom is 0.164 e. The third-order valence-corrected chi connectivity index (χ3v) is 11.0. The fourth-order valence-electron chi connectivity index (χ4n) is 8.23. The minimum atomic E-state index is -0.373. The second kappa shape index (κ2) is 12.8. The molecular weight excluding hydrogens is 709 g/mol. The summed E-state index contributed by atoms with van der Waals surface area (Å²) in [4.78, 5) is 15.4. The van der Waals surface area contributed by atoms with E-state index in [0.29, 0.717) is 34.3 Å². The molecule has 0 aliphatic heterocycles. The van der Waals surface area contributed by atoms with E-state index in [2.05, 4.69) is 65.2 Å². The highest BCUT2D eigenvalue weighted by Crippen LogP contribution is 2.42. The summed E-state index contributed by atoms with van der Waals surface area (Å²) in [6, 6.07) is 50.3. The van der Waals surface area contributed by atoms with Crippen LogP contribution in [0.1, 0.15) is 8.22 Å². The molecule has 0 amide bonds. The summed E-state index contributed by atoms with van der Waals surface area (Å²) in [6.07, 6.45) is 0. The molecule has 0 fully saturated rings. The highest BCUT2D eigenvalue weighted by molar-refractivity contribution is 6.12. The molecule has 12 rings (SSSR count). The maximum absolute atomic E-state index is 9.58. The van der Waals surface area contributed by atoms with Crippen molar-refractivity contribution in [3.8, 4) is 51.0 Å². The Hall–Kier alpha value is -7.89. The second-order valence-corrected chi connectivity index (χ2v) is 14.4. The summed E-state index contributed by atoms with van der Waals surface area (Å²) in [7, 11) is 0. The van der Waals surface area contributed by atoms with Gasteiger partial charge in [0, 0.05) is 49.4 Å². The Labute approximate surface area is 341 Å². The zero-order chi connectivity index (χ0) is 43.4. The molecule has 12 aromatic rings. The number of furan rings is 1. The summed E-state index contributed by atoms with van der Waals surface area (Å²) in [5.41, 5.74) is 5.46. The van der Waals surface area contributed by atoms with E-state index in [-0.39, 0.29) is 63.8 Å². The number of benzene rings is 9. The smallest absolute Gasteiger partial charge is 0.164 e. The van der Waals surface area contributed by atoms with Crippen LogP contribution in [-0.4, -0.2) is 19.5 Å². The van der Waals surface area contributed by atoms with E-state index in [1.54, 1.807) is 0 Å². The molecule has 0 bridgehead atoms. The third kappa shape index (κ3) is 5.14. The van der Waals surface area contributed by atoms with E-state index in [1.165, 1.54) is 6.07 Å². The topological polar surface area (TPSA) is 56.7 Å². The molecule has 58 heavy (non-hydrogen) atoms. The Bertz CT molecular complexity index is 3800. The van der Waals surface area contributed by atoms with Crippen molar-refractivity contribution in [2.75, 3.05) is 0 Å². The Balaban J connectivity index is 1.18. The van der Waals surface area contributed by atoms with Gasteiger partial charge in [0.25, 0.3) is 0 Å². The van der Waals surface area contributed by atoms with Crippen molar-refractivity contribution in [2.45, 2.75) is 0 Å². The number of para-hydroxylation sites is 4. The molecule has 270 valence electrons. The van der Waals surface area contributed by atoms with Crippen LogP contribution in [0, 0.1) is 0 Å². The van der Waals surface area contributed by atoms with E-state index in [4.69, 9.17) is 24.9 Å². The van der Waals surface area contributed by atoms with Crippen molar-refractivity contribution < 1.29 is 12.6 Å². The second-order valence-electron chi connectivity index (χ2n) is 14.4. The number of aromatic nitrogens is 4. The summed E-state index contributed by atoms with van der Waals surface area (Å²) < 4.78 is 62.6. The fraction of sp³-hybridized carbons (Fsp3) is 0. The zero-order valence-electron chi connectivity index (χ0n) is 36.7. The molecule has 0 unspecified atom stereocenters. The van der Waals surface area contributed by atoms with Crippen molar-refractivity contribution in [1.82, 2.24) is 19.5 Å². The van der Waals surface area contributed by atoms with Gasteiger partial charge in [0.1, 0.15) is 11.2 Å². The lowest BCUT2D eigenvalue weighted by Crippen LogP contribution is -2.02. The van der Waals surface area contributed by atoms with Gasteiger partial charge in [0.2, 0.25) is 0 Å². The number of fused-ring (bicyclic) bond motifs is 8. The molecule has 3 aromatic heterocycles. The first-order valence-electron chi connectivity index (χ1n) is 22.0. The van der Waals surface area contributed by atoms with Gasteiger partial charge in [-0.1, -0.05) is 145 Å². The average molecular weight is 747 g/mol. The molecule has 5 heteroatoms. The van der Waals surface area contributed by atoms with Crippen LogP contribution in [0.3, 0.4) is 0 Å². The van der Waals surface area contributed by atoms with E-state index in [9.17, 15) is 2.74 Å². The van der Waals surface area contributed by atoms with Crippen LogP contribution in [-0.2, 0) is 0 Å². The van der Waals surface area contributed by atoms with Gasteiger partial charge in [-0.15, -0.1) is 0 Å². The first-order valence-corrected chi connectivity index (χ1v) is 19.0. The molecule has 9 aromatic carbocycles. The van der Waals surface area contributed by atoms with Gasteiger partial charge in [-0.25, -0.2) is 15.0 Å². The summed E-state index contributed by atoms with van der Waals surface area (Å²) >= 11 is 0. The van der Waals surface area contributed by atoms with Crippen molar-refractivity contribution in [2.24, 2.45) is 0 Å². The normalized spacial score (nSPS) is 13.2. The van der Waals surface area contributed by atoms with Crippen LogP contribution in [0.5, 0.6) is 0 Å². The lowest BCUT2D eigenvalue weighted by atomic mass is 9.97. The van der Waals surface area contributed by atoms with Crippen LogP contribution in [0.15, 0.2) is 198 Å². The summed E-state index contributed by atoms with van der Waals surface area (Å²) in [6.45, 7) is 0. The van der Waals surface area contributed by atoms with Crippen LogP contribution in [0.25, 0.3) is 116 Å². The van der Waals surface area contributed by atoms with Gasteiger partial charge < -0.3 is 8.98 Å². The molecular formula is C53H32N4O. The molecule has 0 aliphatic rings. The molecule has 0 atom stereocenters. The minimum Gasteiger partial charge on any atom is -0.455 e. The zero-order valence-corrected chi connectivity index (χ0v) is 30.7. The van der Waals surface area contributed by atoms with Crippen LogP contribution < -0.4 is 0 Å². The lowest BCUT2D eigenvalue weighted by molar-refractivity contribution is 0.670. The van der Waals surface area contributed by atoms with Gasteiger partial charge in [-0.2, -0.15) is 0 Å². The molecule has 0 radical (unpaired) electrons.